The van der Waals surface area contributed by atoms with Gasteiger partial charge in [-0.05, 0) is 36.8 Å². The largest absolute Gasteiger partial charge is 0.389 e. The van der Waals surface area contributed by atoms with Crippen molar-refractivity contribution >= 4 is 0 Å². The Hall–Kier alpha value is -0.940. The Bertz CT molecular complexity index is 459. The van der Waals surface area contributed by atoms with Crippen LogP contribution in [-0.4, -0.2) is 55.1 Å². The fourth-order valence-corrected chi connectivity index (χ4v) is 3.34. The van der Waals surface area contributed by atoms with Crippen LogP contribution in [0.1, 0.15) is 30.4 Å². The van der Waals surface area contributed by atoms with Crippen LogP contribution < -0.4 is 0 Å². The van der Waals surface area contributed by atoms with Gasteiger partial charge in [-0.25, -0.2) is 0 Å². The second-order valence-electron chi connectivity index (χ2n) is 6.43. The van der Waals surface area contributed by atoms with Crippen LogP contribution in [0.3, 0.4) is 0 Å². The zero-order valence-electron chi connectivity index (χ0n) is 13.2. The molecule has 4 nitrogen and oxygen atoms in total. The quantitative estimate of drug-likeness (QED) is 0.873. The molecule has 0 aromatic heterocycles. The molecule has 2 atom stereocenters. The number of nitrogens with zero attached hydrogens (tertiary/aromatic N) is 1. The minimum atomic E-state index is -0.422. The predicted octanol–water partition coefficient (Wildman–Crippen LogP) is 1.99. The van der Waals surface area contributed by atoms with Crippen LogP contribution in [0.15, 0.2) is 24.3 Å². The first-order valence-electron chi connectivity index (χ1n) is 8.48. The third-order valence-corrected chi connectivity index (χ3v) is 4.57. The van der Waals surface area contributed by atoms with Crippen molar-refractivity contribution in [3.63, 3.8) is 0 Å². The van der Waals surface area contributed by atoms with Crippen molar-refractivity contribution in [2.24, 2.45) is 0 Å². The number of ether oxygens (including phenoxy) is 2. The third-order valence-electron chi connectivity index (χ3n) is 4.57. The van der Waals surface area contributed by atoms with Crippen molar-refractivity contribution in [3.05, 3.63) is 35.4 Å². The molecule has 0 saturated carbocycles. The highest BCUT2D eigenvalue weighted by molar-refractivity contribution is 5.29. The average Bonchev–Trinajstić information content (AvgIpc) is 2.56. The molecule has 2 aliphatic heterocycles. The van der Waals surface area contributed by atoms with Crippen molar-refractivity contribution in [2.75, 3.05) is 32.9 Å². The molecule has 0 aliphatic carbocycles. The Morgan fingerprint density at radius 1 is 1.27 bits per heavy atom. The third kappa shape index (κ3) is 4.53. The first-order valence-corrected chi connectivity index (χ1v) is 8.48. The molecule has 0 spiro atoms. The number of hydrogen-bond donors (Lipinski definition) is 1. The van der Waals surface area contributed by atoms with E-state index < -0.39 is 6.10 Å². The molecule has 1 saturated heterocycles. The van der Waals surface area contributed by atoms with Crippen molar-refractivity contribution in [1.82, 2.24) is 4.90 Å². The van der Waals surface area contributed by atoms with E-state index in [-0.39, 0.29) is 6.10 Å². The normalized spacial score (nSPS) is 24.0. The fraction of sp³-hybridized carbons (Fsp3) is 0.667. The van der Waals surface area contributed by atoms with Gasteiger partial charge in [-0.15, -0.1) is 0 Å². The number of benzene rings is 1. The molecule has 3 rings (SSSR count). The van der Waals surface area contributed by atoms with E-state index in [2.05, 4.69) is 29.2 Å². The molecule has 4 heteroatoms. The molecular formula is C18H27NO3. The summed E-state index contributed by atoms with van der Waals surface area (Å²) in [6.45, 7) is 4.49. The van der Waals surface area contributed by atoms with Crippen LogP contribution in [0.2, 0.25) is 0 Å². The van der Waals surface area contributed by atoms with Gasteiger partial charge in [-0.3, -0.25) is 4.90 Å². The first kappa shape index (κ1) is 15.9. The lowest BCUT2D eigenvalue weighted by molar-refractivity contribution is -0.0608. The van der Waals surface area contributed by atoms with Crippen LogP contribution in [-0.2, 0) is 22.4 Å². The van der Waals surface area contributed by atoms with Gasteiger partial charge in [0.15, 0.2) is 0 Å². The van der Waals surface area contributed by atoms with E-state index in [1.54, 1.807) is 0 Å². The SMILES string of the molecule is OC(COCC1CCCCO1)CN1CCc2ccccc2C1. The maximum atomic E-state index is 10.2. The van der Waals surface area contributed by atoms with Gasteiger partial charge in [0, 0.05) is 26.2 Å². The van der Waals surface area contributed by atoms with Crippen LogP contribution >= 0.6 is 0 Å². The highest BCUT2D eigenvalue weighted by Crippen LogP contribution is 2.18. The molecule has 2 unspecified atom stereocenters. The molecule has 1 fully saturated rings. The van der Waals surface area contributed by atoms with E-state index >= 15 is 0 Å². The molecule has 0 radical (unpaired) electrons. The highest BCUT2D eigenvalue weighted by atomic mass is 16.5. The predicted molar refractivity (Wildman–Crippen MR) is 85.8 cm³/mol. The molecule has 122 valence electrons. The summed E-state index contributed by atoms with van der Waals surface area (Å²) in [5, 5.41) is 10.2. The molecule has 2 aliphatic rings. The summed E-state index contributed by atoms with van der Waals surface area (Å²) in [4.78, 5) is 2.31. The summed E-state index contributed by atoms with van der Waals surface area (Å²) in [7, 11) is 0. The lowest BCUT2D eigenvalue weighted by atomic mass is 10.00. The Kier molecular flexibility index (Phi) is 5.84. The maximum Gasteiger partial charge on any atom is 0.0900 e. The summed E-state index contributed by atoms with van der Waals surface area (Å²) in [6, 6.07) is 8.58. The average molecular weight is 305 g/mol. The van der Waals surface area contributed by atoms with Gasteiger partial charge in [0.05, 0.1) is 25.4 Å². The van der Waals surface area contributed by atoms with E-state index in [4.69, 9.17) is 9.47 Å². The number of rotatable bonds is 6. The minimum absolute atomic E-state index is 0.225. The second kappa shape index (κ2) is 8.06. The van der Waals surface area contributed by atoms with Gasteiger partial charge >= 0.3 is 0 Å². The van der Waals surface area contributed by atoms with Crippen LogP contribution in [0, 0.1) is 0 Å². The summed E-state index contributed by atoms with van der Waals surface area (Å²) < 4.78 is 11.3. The molecule has 2 heterocycles. The minimum Gasteiger partial charge on any atom is -0.389 e. The Morgan fingerprint density at radius 3 is 2.95 bits per heavy atom. The molecule has 1 N–H and O–H groups in total. The smallest absolute Gasteiger partial charge is 0.0900 e. The summed E-state index contributed by atoms with van der Waals surface area (Å²) in [5.74, 6) is 0. The van der Waals surface area contributed by atoms with Gasteiger partial charge < -0.3 is 14.6 Å². The van der Waals surface area contributed by atoms with E-state index in [9.17, 15) is 5.11 Å². The number of aliphatic hydroxyl groups is 1. The highest BCUT2D eigenvalue weighted by Gasteiger charge is 2.19. The molecule has 22 heavy (non-hydrogen) atoms. The Balaban J connectivity index is 1.36. The van der Waals surface area contributed by atoms with Gasteiger partial charge in [-0.1, -0.05) is 24.3 Å². The molecule has 0 bridgehead atoms. The van der Waals surface area contributed by atoms with Crippen LogP contribution in [0.4, 0.5) is 0 Å². The van der Waals surface area contributed by atoms with Gasteiger partial charge in [-0.2, -0.15) is 0 Å². The Morgan fingerprint density at radius 2 is 2.14 bits per heavy atom. The monoisotopic (exact) mass is 305 g/mol. The summed E-state index contributed by atoms with van der Waals surface area (Å²) in [5.41, 5.74) is 2.83. The number of β-amino-alcohol motifs (C(OH)–C–C–N with tert-alkyl or cyclic N) is 1. The van der Waals surface area contributed by atoms with E-state index in [0.29, 0.717) is 19.8 Å². The fourth-order valence-electron chi connectivity index (χ4n) is 3.34. The van der Waals surface area contributed by atoms with Gasteiger partial charge in [0.25, 0.3) is 0 Å². The standard InChI is InChI=1S/C18H27NO3/c20-17(13-21-14-18-7-3-4-10-22-18)12-19-9-8-15-5-1-2-6-16(15)11-19/h1-2,5-6,17-18,20H,3-4,7-14H2. The second-order valence-corrected chi connectivity index (χ2v) is 6.43. The van der Waals surface area contributed by atoms with Gasteiger partial charge in [0.2, 0.25) is 0 Å². The summed E-state index contributed by atoms with van der Waals surface area (Å²) in [6.07, 6.45) is 4.34. The zero-order chi connectivity index (χ0) is 15.2. The number of fused-ring (bicyclic) bond motifs is 1. The zero-order valence-corrected chi connectivity index (χ0v) is 13.2. The van der Waals surface area contributed by atoms with Crippen molar-refractivity contribution in [1.29, 1.82) is 0 Å². The topological polar surface area (TPSA) is 41.9 Å². The molecule has 0 amide bonds. The maximum absolute atomic E-state index is 10.2. The lowest BCUT2D eigenvalue weighted by Crippen LogP contribution is -2.38. The van der Waals surface area contributed by atoms with E-state index in [1.807, 2.05) is 0 Å². The van der Waals surface area contributed by atoms with Gasteiger partial charge in [0.1, 0.15) is 0 Å². The lowest BCUT2D eigenvalue weighted by Gasteiger charge is -2.30. The van der Waals surface area contributed by atoms with E-state index in [0.717, 1.165) is 39.0 Å². The molecule has 1 aromatic rings. The van der Waals surface area contributed by atoms with Crippen molar-refractivity contribution in [3.8, 4) is 0 Å². The van der Waals surface area contributed by atoms with Crippen molar-refractivity contribution < 1.29 is 14.6 Å². The molecule has 1 aromatic carbocycles. The van der Waals surface area contributed by atoms with E-state index in [1.165, 1.54) is 17.5 Å². The van der Waals surface area contributed by atoms with Crippen LogP contribution in [0.25, 0.3) is 0 Å². The first-order chi connectivity index (χ1) is 10.8. The summed E-state index contributed by atoms with van der Waals surface area (Å²) >= 11 is 0. The number of hydrogen-bond acceptors (Lipinski definition) is 4. The van der Waals surface area contributed by atoms with Crippen LogP contribution in [0.5, 0.6) is 0 Å². The van der Waals surface area contributed by atoms with Crippen molar-refractivity contribution in [2.45, 2.75) is 44.4 Å². The Labute approximate surface area is 133 Å². The molecular weight excluding hydrogens is 278 g/mol. The number of aliphatic hydroxyl groups excluding tert-OH is 1.